The van der Waals surface area contributed by atoms with E-state index < -0.39 is 5.60 Å². The summed E-state index contributed by atoms with van der Waals surface area (Å²) in [6.07, 6.45) is 5.21. The fourth-order valence-electron chi connectivity index (χ4n) is 3.67. The number of piperidine rings is 1. The SMILES string of the molecule is CCNC(C)c1nnc(N2CCC3(O)CCCCC3C2)o1. The highest BCUT2D eigenvalue weighted by Gasteiger charge is 2.43. The van der Waals surface area contributed by atoms with Gasteiger partial charge in [-0.05, 0) is 32.7 Å². The smallest absolute Gasteiger partial charge is 0.318 e. The second kappa shape index (κ2) is 5.93. The monoisotopic (exact) mass is 294 g/mol. The van der Waals surface area contributed by atoms with Crippen LogP contribution in [0.5, 0.6) is 0 Å². The predicted octanol–water partition coefficient (Wildman–Crippen LogP) is 1.87. The lowest BCUT2D eigenvalue weighted by atomic mass is 9.71. The Bertz CT molecular complexity index is 478. The summed E-state index contributed by atoms with van der Waals surface area (Å²) in [5, 5.41) is 22.3. The minimum atomic E-state index is -0.464. The molecule has 3 rings (SSSR count). The Balaban J connectivity index is 1.68. The largest absolute Gasteiger partial charge is 0.406 e. The number of fused-ring (bicyclic) bond motifs is 1. The van der Waals surface area contributed by atoms with Crippen molar-refractivity contribution in [1.29, 1.82) is 0 Å². The van der Waals surface area contributed by atoms with Crippen LogP contribution >= 0.6 is 0 Å². The molecule has 1 aliphatic heterocycles. The molecule has 2 fully saturated rings. The second-order valence-corrected chi connectivity index (χ2v) is 6.44. The van der Waals surface area contributed by atoms with Gasteiger partial charge in [0.05, 0.1) is 11.6 Å². The fourth-order valence-corrected chi connectivity index (χ4v) is 3.67. The van der Waals surface area contributed by atoms with Crippen LogP contribution in [-0.4, -0.2) is 40.5 Å². The van der Waals surface area contributed by atoms with Crippen LogP contribution < -0.4 is 10.2 Å². The third kappa shape index (κ3) is 2.92. The van der Waals surface area contributed by atoms with Crippen molar-refractivity contribution in [1.82, 2.24) is 15.5 Å². The van der Waals surface area contributed by atoms with Crippen LogP contribution in [0.4, 0.5) is 6.01 Å². The van der Waals surface area contributed by atoms with Crippen molar-refractivity contribution in [2.45, 2.75) is 57.6 Å². The lowest BCUT2D eigenvalue weighted by molar-refractivity contribution is -0.0619. The summed E-state index contributed by atoms with van der Waals surface area (Å²) in [7, 11) is 0. The molecule has 21 heavy (non-hydrogen) atoms. The highest BCUT2D eigenvalue weighted by atomic mass is 16.4. The Labute approximate surface area is 125 Å². The van der Waals surface area contributed by atoms with Gasteiger partial charge in [-0.2, -0.15) is 0 Å². The van der Waals surface area contributed by atoms with Crippen LogP contribution in [0.25, 0.3) is 0 Å². The molecule has 0 spiro atoms. The van der Waals surface area contributed by atoms with Crippen molar-refractivity contribution in [2.75, 3.05) is 24.5 Å². The van der Waals surface area contributed by atoms with Crippen molar-refractivity contribution in [3.05, 3.63) is 5.89 Å². The molecule has 1 aromatic rings. The van der Waals surface area contributed by atoms with Crippen LogP contribution in [0.2, 0.25) is 0 Å². The highest BCUT2D eigenvalue weighted by molar-refractivity contribution is 5.27. The molecule has 1 aromatic heterocycles. The van der Waals surface area contributed by atoms with E-state index in [1.165, 1.54) is 6.42 Å². The van der Waals surface area contributed by atoms with Crippen LogP contribution in [0.3, 0.4) is 0 Å². The normalized spacial score (nSPS) is 31.0. The molecule has 2 heterocycles. The molecule has 3 atom stereocenters. The van der Waals surface area contributed by atoms with Gasteiger partial charge in [0.25, 0.3) is 0 Å². The van der Waals surface area contributed by atoms with E-state index in [1.54, 1.807) is 0 Å². The van der Waals surface area contributed by atoms with E-state index in [0.717, 1.165) is 45.3 Å². The maximum atomic E-state index is 10.7. The average molecular weight is 294 g/mol. The maximum absolute atomic E-state index is 10.7. The number of rotatable bonds is 4. The second-order valence-electron chi connectivity index (χ2n) is 6.44. The molecule has 6 heteroatoms. The summed E-state index contributed by atoms with van der Waals surface area (Å²) in [5.41, 5.74) is -0.464. The summed E-state index contributed by atoms with van der Waals surface area (Å²) in [6.45, 7) is 6.58. The van der Waals surface area contributed by atoms with Gasteiger partial charge in [-0.1, -0.05) is 24.9 Å². The van der Waals surface area contributed by atoms with Gasteiger partial charge in [-0.15, -0.1) is 5.10 Å². The van der Waals surface area contributed by atoms with Gasteiger partial charge in [-0.3, -0.25) is 0 Å². The van der Waals surface area contributed by atoms with Crippen LogP contribution in [-0.2, 0) is 0 Å². The number of anilines is 1. The molecule has 2 aliphatic rings. The zero-order valence-corrected chi connectivity index (χ0v) is 13.0. The highest BCUT2D eigenvalue weighted by Crippen LogP contribution is 2.40. The Kier molecular flexibility index (Phi) is 4.17. The first-order chi connectivity index (χ1) is 10.1. The Morgan fingerprint density at radius 2 is 2.29 bits per heavy atom. The molecular weight excluding hydrogens is 268 g/mol. The summed E-state index contributed by atoms with van der Waals surface area (Å²) in [4.78, 5) is 2.14. The Morgan fingerprint density at radius 1 is 1.43 bits per heavy atom. The van der Waals surface area contributed by atoms with Crippen molar-refractivity contribution < 1.29 is 9.52 Å². The van der Waals surface area contributed by atoms with Crippen LogP contribution in [0.15, 0.2) is 4.42 Å². The summed E-state index contributed by atoms with van der Waals surface area (Å²) < 4.78 is 5.81. The third-order valence-corrected chi connectivity index (χ3v) is 5.01. The van der Waals surface area contributed by atoms with Crippen molar-refractivity contribution >= 4 is 6.01 Å². The molecule has 1 aliphatic carbocycles. The molecule has 2 N–H and O–H groups in total. The number of hydrogen-bond donors (Lipinski definition) is 2. The number of hydrogen-bond acceptors (Lipinski definition) is 6. The first-order valence-corrected chi connectivity index (χ1v) is 8.16. The summed E-state index contributed by atoms with van der Waals surface area (Å²) in [6, 6.07) is 0.676. The van der Waals surface area contributed by atoms with Gasteiger partial charge in [-0.25, -0.2) is 0 Å². The van der Waals surface area contributed by atoms with Gasteiger partial charge < -0.3 is 19.7 Å². The van der Waals surface area contributed by atoms with Gasteiger partial charge >= 0.3 is 6.01 Å². The molecule has 6 nitrogen and oxygen atoms in total. The van der Waals surface area contributed by atoms with Crippen LogP contribution in [0.1, 0.15) is 57.9 Å². The molecule has 118 valence electrons. The van der Waals surface area contributed by atoms with Gasteiger partial charge in [0.15, 0.2) is 0 Å². The van der Waals surface area contributed by atoms with Gasteiger partial charge in [0.1, 0.15) is 0 Å². The number of aliphatic hydroxyl groups is 1. The average Bonchev–Trinajstić information content (AvgIpc) is 2.96. The Hall–Kier alpha value is -1.14. The van der Waals surface area contributed by atoms with E-state index in [9.17, 15) is 5.11 Å². The molecule has 0 amide bonds. The van der Waals surface area contributed by atoms with E-state index >= 15 is 0 Å². The number of aromatic nitrogens is 2. The number of nitrogens with zero attached hydrogens (tertiary/aromatic N) is 3. The molecule has 0 aromatic carbocycles. The van der Waals surface area contributed by atoms with Crippen molar-refractivity contribution in [3.8, 4) is 0 Å². The van der Waals surface area contributed by atoms with E-state index in [4.69, 9.17) is 4.42 Å². The molecule has 0 bridgehead atoms. The Morgan fingerprint density at radius 3 is 3.10 bits per heavy atom. The molecule has 1 saturated carbocycles. The predicted molar refractivity (Wildman–Crippen MR) is 80.1 cm³/mol. The van der Waals surface area contributed by atoms with E-state index in [-0.39, 0.29) is 6.04 Å². The first kappa shape index (κ1) is 14.8. The molecule has 0 radical (unpaired) electrons. The van der Waals surface area contributed by atoms with Gasteiger partial charge in [0.2, 0.25) is 5.89 Å². The summed E-state index contributed by atoms with van der Waals surface area (Å²) in [5.74, 6) is 0.970. The topological polar surface area (TPSA) is 74.4 Å². The van der Waals surface area contributed by atoms with Crippen molar-refractivity contribution in [3.63, 3.8) is 0 Å². The van der Waals surface area contributed by atoms with Crippen LogP contribution in [0, 0.1) is 5.92 Å². The lowest BCUT2D eigenvalue weighted by Crippen LogP contribution is -2.53. The number of nitrogens with one attached hydrogen (secondary N) is 1. The molecule has 3 unspecified atom stereocenters. The summed E-state index contributed by atoms with van der Waals surface area (Å²) >= 11 is 0. The first-order valence-electron chi connectivity index (χ1n) is 8.16. The minimum Gasteiger partial charge on any atom is -0.406 e. The quantitative estimate of drug-likeness (QED) is 0.883. The lowest BCUT2D eigenvalue weighted by Gasteiger charge is -2.46. The van der Waals surface area contributed by atoms with E-state index in [1.807, 2.05) is 6.92 Å². The third-order valence-electron chi connectivity index (χ3n) is 5.01. The zero-order chi connectivity index (χ0) is 14.9. The van der Waals surface area contributed by atoms with E-state index in [2.05, 4.69) is 27.3 Å². The van der Waals surface area contributed by atoms with E-state index in [0.29, 0.717) is 17.8 Å². The molecule has 1 saturated heterocycles. The fraction of sp³-hybridized carbons (Fsp3) is 0.867. The maximum Gasteiger partial charge on any atom is 0.318 e. The standard InChI is InChI=1S/C15H26N4O2/c1-3-16-11(2)13-17-18-14(21-13)19-9-8-15(20)7-5-4-6-12(15)10-19/h11-12,16,20H,3-10H2,1-2H3. The van der Waals surface area contributed by atoms with Crippen molar-refractivity contribution in [2.24, 2.45) is 5.92 Å². The minimum absolute atomic E-state index is 0.0765. The molecular formula is C15H26N4O2. The zero-order valence-electron chi connectivity index (χ0n) is 13.0. The van der Waals surface area contributed by atoms with Gasteiger partial charge in [0, 0.05) is 19.0 Å².